The highest BCUT2D eigenvalue weighted by Crippen LogP contribution is 2.41. The molecule has 0 spiro atoms. The number of benzene rings is 1. The van der Waals surface area contributed by atoms with Gasteiger partial charge in [-0.15, -0.1) is 0 Å². The lowest BCUT2D eigenvalue weighted by Gasteiger charge is -2.32. The third kappa shape index (κ3) is 5.01. The van der Waals surface area contributed by atoms with Gasteiger partial charge in [-0.05, 0) is 57.4 Å². The van der Waals surface area contributed by atoms with Crippen molar-refractivity contribution in [3.63, 3.8) is 0 Å². The predicted octanol–water partition coefficient (Wildman–Crippen LogP) is 2.38. The number of amides is 1. The van der Waals surface area contributed by atoms with Crippen molar-refractivity contribution in [3.05, 3.63) is 35.9 Å². The van der Waals surface area contributed by atoms with Crippen LogP contribution < -0.4 is 5.32 Å². The number of rotatable bonds is 9. The minimum atomic E-state index is -0.979. The van der Waals surface area contributed by atoms with Crippen molar-refractivity contribution in [1.82, 2.24) is 10.2 Å². The summed E-state index contributed by atoms with van der Waals surface area (Å²) in [5.74, 6) is -1.23. The SMILES string of the molecule is CCOC(=O)[C@@H]1C[C@@H]2CCC[C@@H]2N1C(=O)C(C)NC(CCc1ccccc1)C(=O)O. The summed E-state index contributed by atoms with van der Waals surface area (Å²) < 4.78 is 5.21. The molecule has 1 heterocycles. The second kappa shape index (κ2) is 10.1. The molecule has 2 unspecified atom stereocenters. The molecular weight excluding hydrogens is 384 g/mol. The molecule has 30 heavy (non-hydrogen) atoms. The number of hydrogen-bond donors (Lipinski definition) is 2. The van der Waals surface area contributed by atoms with Crippen LogP contribution in [0.25, 0.3) is 0 Å². The van der Waals surface area contributed by atoms with Gasteiger partial charge >= 0.3 is 11.9 Å². The van der Waals surface area contributed by atoms with Crippen molar-refractivity contribution in [2.45, 2.75) is 76.5 Å². The zero-order valence-corrected chi connectivity index (χ0v) is 17.8. The fourth-order valence-electron chi connectivity index (χ4n) is 4.89. The van der Waals surface area contributed by atoms with Gasteiger partial charge in [0.25, 0.3) is 0 Å². The van der Waals surface area contributed by atoms with E-state index < -0.39 is 24.1 Å². The Hall–Kier alpha value is -2.41. The van der Waals surface area contributed by atoms with E-state index in [9.17, 15) is 19.5 Å². The zero-order valence-electron chi connectivity index (χ0n) is 17.8. The third-order valence-electron chi connectivity index (χ3n) is 6.34. The van der Waals surface area contributed by atoms with Crippen LogP contribution in [0.3, 0.4) is 0 Å². The number of hydrogen-bond acceptors (Lipinski definition) is 5. The number of aryl methyl sites for hydroxylation is 1. The molecule has 1 amide bonds. The molecule has 1 saturated heterocycles. The first-order chi connectivity index (χ1) is 14.4. The van der Waals surface area contributed by atoms with Crippen LogP contribution in [0.5, 0.6) is 0 Å². The van der Waals surface area contributed by atoms with E-state index in [1.54, 1.807) is 18.7 Å². The molecule has 2 N–H and O–H groups in total. The van der Waals surface area contributed by atoms with Crippen molar-refractivity contribution in [2.24, 2.45) is 5.92 Å². The van der Waals surface area contributed by atoms with Gasteiger partial charge in [0, 0.05) is 6.04 Å². The molecule has 1 aliphatic heterocycles. The Bertz CT molecular complexity index is 753. The van der Waals surface area contributed by atoms with Crippen molar-refractivity contribution in [2.75, 3.05) is 6.61 Å². The largest absolute Gasteiger partial charge is 0.480 e. The summed E-state index contributed by atoms with van der Waals surface area (Å²) in [6.45, 7) is 3.72. The molecule has 1 aromatic carbocycles. The lowest BCUT2D eigenvalue weighted by Crippen LogP contribution is -2.55. The Labute approximate surface area is 177 Å². The van der Waals surface area contributed by atoms with E-state index in [1.165, 1.54) is 0 Å². The maximum Gasteiger partial charge on any atom is 0.328 e. The molecule has 1 aromatic rings. The molecule has 164 valence electrons. The Morgan fingerprint density at radius 2 is 1.97 bits per heavy atom. The van der Waals surface area contributed by atoms with Crippen LogP contribution >= 0.6 is 0 Å². The summed E-state index contributed by atoms with van der Waals surface area (Å²) in [7, 11) is 0. The first-order valence-electron chi connectivity index (χ1n) is 10.9. The van der Waals surface area contributed by atoms with E-state index in [0.717, 1.165) is 24.8 Å². The van der Waals surface area contributed by atoms with Crippen molar-refractivity contribution >= 4 is 17.8 Å². The quantitative estimate of drug-likeness (QED) is 0.600. The molecule has 1 saturated carbocycles. The summed E-state index contributed by atoms with van der Waals surface area (Å²) >= 11 is 0. The van der Waals surface area contributed by atoms with Gasteiger partial charge < -0.3 is 14.7 Å². The minimum absolute atomic E-state index is 0.0451. The van der Waals surface area contributed by atoms with Gasteiger partial charge in [0.2, 0.25) is 5.91 Å². The number of esters is 1. The standard InChI is InChI=1S/C23H32N2O5/c1-3-30-23(29)20-14-17-10-7-11-19(17)25(20)21(26)15(2)24-18(22(27)28)13-12-16-8-5-4-6-9-16/h4-6,8-9,15,17-20,24H,3,7,10-14H2,1-2H3,(H,27,28)/t15?,17-,18?,19-,20-/m0/s1. The summed E-state index contributed by atoms with van der Waals surface area (Å²) in [4.78, 5) is 39.2. The van der Waals surface area contributed by atoms with Gasteiger partial charge in [0.15, 0.2) is 0 Å². The van der Waals surface area contributed by atoms with Gasteiger partial charge in [-0.2, -0.15) is 0 Å². The molecule has 1 aliphatic carbocycles. The van der Waals surface area contributed by atoms with Crippen molar-refractivity contribution in [3.8, 4) is 0 Å². The Morgan fingerprint density at radius 3 is 2.63 bits per heavy atom. The molecule has 5 atom stereocenters. The van der Waals surface area contributed by atoms with E-state index in [0.29, 0.717) is 25.2 Å². The molecule has 0 aromatic heterocycles. The van der Waals surface area contributed by atoms with E-state index in [1.807, 2.05) is 30.3 Å². The highest BCUT2D eigenvalue weighted by Gasteiger charge is 2.50. The van der Waals surface area contributed by atoms with Crippen LogP contribution in [-0.2, 0) is 25.5 Å². The second-order valence-electron chi connectivity index (χ2n) is 8.31. The smallest absolute Gasteiger partial charge is 0.328 e. The van der Waals surface area contributed by atoms with Crippen LogP contribution in [0, 0.1) is 5.92 Å². The van der Waals surface area contributed by atoms with Crippen LogP contribution in [0.2, 0.25) is 0 Å². The monoisotopic (exact) mass is 416 g/mol. The number of carbonyl (C=O) groups is 3. The molecule has 7 nitrogen and oxygen atoms in total. The predicted molar refractivity (Wildman–Crippen MR) is 112 cm³/mol. The number of carbonyl (C=O) groups excluding carboxylic acids is 2. The van der Waals surface area contributed by atoms with Gasteiger partial charge in [0.05, 0.1) is 12.6 Å². The maximum absolute atomic E-state index is 13.3. The molecular formula is C23H32N2O5. The molecule has 3 rings (SSSR count). The highest BCUT2D eigenvalue weighted by molar-refractivity contribution is 5.89. The average Bonchev–Trinajstić information content (AvgIpc) is 3.32. The number of carboxylic acid groups (broad SMARTS) is 1. The Morgan fingerprint density at radius 1 is 1.23 bits per heavy atom. The maximum atomic E-state index is 13.3. The first-order valence-corrected chi connectivity index (χ1v) is 10.9. The summed E-state index contributed by atoms with van der Waals surface area (Å²) in [6, 6.07) is 7.63. The van der Waals surface area contributed by atoms with E-state index in [-0.39, 0.29) is 24.5 Å². The van der Waals surface area contributed by atoms with Crippen molar-refractivity contribution in [1.29, 1.82) is 0 Å². The fourth-order valence-corrected chi connectivity index (χ4v) is 4.89. The van der Waals surface area contributed by atoms with Crippen LogP contribution in [-0.4, -0.2) is 58.6 Å². The number of fused-ring (bicyclic) bond motifs is 1. The van der Waals surface area contributed by atoms with Crippen LogP contribution in [0.4, 0.5) is 0 Å². The topological polar surface area (TPSA) is 95.9 Å². The number of nitrogens with zero attached hydrogens (tertiary/aromatic N) is 1. The molecule has 2 fully saturated rings. The lowest BCUT2D eigenvalue weighted by molar-refractivity contribution is -0.155. The second-order valence-corrected chi connectivity index (χ2v) is 8.31. The van der Waals surface area contributed by atoms with Gasteiger partial charge in [-0.1, -0.05) is 36.8 Å². The minimum Gasteiger partial charge on any atom is -0.480 e. The normalized spacial score (nSPS) is 24.9. The van der Waals surface area contributed by atoms with E-state index >= 15 is 0 Å². The van der Waals surface area contributed by atoms with E-state index in [2.05, 4.69) is 5.32 Å². The van der Waals surface area contributed by atoms with Crippen molar-refractivity contribution < 1.29 is 24.2 Å². The highest BCUT2D eigenvalue weighted by atomic mass is 16.5. The van der Waals surface area contributed by atoms with Gasteiger partial charge in [-0.25, -0.2) is 4.79 Å². The Balaban J connectivity index is 1.66. The van der Waals surface area contributed by atoms with E-state index in [4.69, 9.17) is 4.74 Å². The summed E-state index contributed by atoms with van der Waals surface area (Å²) in [5.41, 5.74) is 1.06. The molecule has 7 heteroatoms. The molecule has 2 aliphatic rings. The van der Waals surface area contributed by atoms with Crippen LogP contribution in [0.15, 0.2) is 30.3 Å². The lowest BCUT2D eigenvalue weighted by atomic mass is 10.0. The number of ether oxygens (including phenoxy) is 1. The zero-order chi connectivity index (χ0) is 21.7. The summed E-state index contributed by atoms with van der Waals surface area (Å²) in [5, 5.41) is 12.6. The molecule has 0 bridgehead atoms. The number of aliphatic carboxylic acids is 1. The number of nitrogens with one attached hydrogen (secondary N) is 1. The molecule has 0 radical (unpaired) electrons. The summed E-state index contributed by atoms with van der Waals surface area (Å²) in [6.07, 6.45) is 4.57. The fraction of sp³-hybridized carbons (Fsp3) is 0.609. The van der Waals surface area contributed by atoms with Gasteiger partial charge in [-0.3, -0.25) is 14.9 Å². The number of likely N-dealkylation sites (tertiary alicyclic amines) is 1. The Kier molecular flexibility index (Phi) is 7.48. The first kappa shape index (κ1) is 22.3. The number of carboxylic acids is 1. The van der Waals surface area contributed by atoms with Gasteiger partial charge in [0.1, 0.15) is 12.1 Å². The van der Waals surface area contributed by atoms with Crippen LogP contribution in [0.1, 0.15) is 51.5 Å². The third-order valence-corrected chi connectivity index (χ3v) is 6.34. The average molecular weight is 417 g/mol.